The molecule has 8 heteroatoms. The molecule has 1 aromatic carbocycles. The van der Waals surface area contributed by atoms with Crippen LogP contribution in [0.4, 0.5) is 5.95 Å². The number of carbonyl (C=O) groups excluding carboxylic acids is 1. The summed E-state index contributed by atoms with van der Waals surface area (Å²) in [6.07, 6.45) is 5.47. The largest absolute Gasteiger partial charge is 0.350 e. The number of hydrogen-bond acceptors (Lipinski definition) is 6. The molecule has 1 aromatic heterocycles. The van der Waals surface area contributed by atoms with Crippen LogP contribution in [0.2, 0.25) is 0 Å². The molecule has 0 radical (unpaired) electrons. The summed E-state index contributed by atoms with van der Waals surface area (Å²) in [6, 6.07) is 8.31. The van der Waals surface area contributed by atoms with Crippen molar-refractivity contribution >= 4 is 21.7 Å². The molecule has 1 amide bonds. The molecule has 1 aliphatic rings. The van der Waals surface area contributed by atoms with E-state index in [1.54, 1.807) is 50.4 Å². The Hall–Kier alpha value is -2.48. The van der Waals surface area contributed by atoms with Crippen LogP contribution in [-0.2, 0) is 27.6 Å². The highest BCUT2D eigenvalue weighted by Gasteiger charge is 2.19. The number of aromatic nitrogens is 2. The van der Waals surface area contributed by atoms with Crippen LogP contribution in [0.5, 0.6) is 0 Å². The summed E-state index contributed by atoms with van der Waals surface area (Å²) in [6.45, 7) is 5.58. The van der Waals surface area contributed by atoms with Gasteiger partial charge >= 0.3 is 0 Å². The fourth-order valence-corrected chi connectivity index (χ4v) is 4.30. The minimum Gasteiger partial charge on any atom is -0.350 e. The van der Waals surface area contributed by atoms with Crippen LogP contribution in [0.3, 0.4) is 0 Å². The first-order valence-corrected chi connectivity index (χ1v) is 11.6. The smallest absolute Gasteiger partial charge is 0.225 e. The molecule has 0 aliphatic carbocycles. The molecular formula is C21H28N4O3S. The Morgan fingerprint density at radius 2 is 1.79 bits per heavy atom. The second-order valence-corrected chi connectivity index (χ2v) is 10.1. The zero-order chi connectivity index (χ0) is 20.9. The van der Waals surface area contributed by atoms with E-state index in [1.807, 2.05) is 0 Å². The van der Waals surface area contributed by atoms with Crippen LogP contribution in [0, 0.1) is 0 Å². The van der Waals surface area contributed by atoms with Gasteiger partial charge in [-0.05, 0) is 56.9 Å². The van der Waals surface area contributed by atoms with Crippen LogP contribution < -0.4 is 10.2 Å². The SMILES string of the molecule is CC(C)S(=O)(=O)c1ccc(CC(=O)NCc2ccnc(N3CCCCC3)n2)cc1. The molecule has 0 unspecified atom stereocenters. The highest BCUT2D eigenvalue weighted by atomic mass is 32.2. The third-order valence-electron chi connectivity index (χ3n) is 5.04. The maximum Gasteiger partial charge on any atom is 0.225 e. The van der Waals surface area contributed by atoms with Crippen molar-refractivity contribution in [1.29, 1.82) is 0 Å². The van der Waals surface area contributed by atoms with Gasteiger partial charge in [0.15, 0.2) is 9.84 Å². The monoisotopic (exact) mass is 416 g/mol. The molecule has 1 aliphatic heterocycles. The summed E-state index contributed by atoms with van der Waals surface area (Å²) < 4.78 is 24.3. The van der Waals surface area contributed by atoms with E-state index in [9.17, 15) is 13.2 Å². The van der Waals surface area contributed by atoms with Gasteiger partial charge in [0.2, 0.25) is 11.9 Å². The van der Waals surface area contributed by atoms with Crippen LogP contribution >= 0.6 is 0 Å². The van der Waals surface area contributed by atoms with E-state index in [0.717, 1.165) is 43.1 Å². The minimum absolute atomic E-state index is 0.136. The van der Waals surface area contributed by atoms with E-state index in [2.05, 4.69) is 20.2 Å². The Balaban J connectivity index is 1.55. The topological polar surface area (TPSA) is 92.3 Å². The van der Waals surface area contributed by atoms with Gasteiger partial charge in [0.05, 0.1) is 28.8 Å². The average molecular weight is 417 g/mol. The van der Waals surface area contributed by atoms with Crippen molar-refractivity contribution in [2.24, 2.45) is 0 Å². The summed E-state index contributed by atoms with van der Waals surface area (Å²) in [4.78, 5) is 23.7. The quantitative estimate of drug-likeness (QED) is 0.746. The fourth-order valence-electron chi connectivity index (χ4n) is 3.24. The molecule has 0 bridgehead atoms. The highest BCUT2D eigenvalue weighted by Crippen LogP contribution is 2.17. The number of nitrogens with zero attached hydrogens (tertiary/aromatic N) is 3. The normalized spacial score (nSPS) is 14.8. The van der Waals surface area contributed by atoms with Crippen molar-refractivity contribution in [2.45, 2.75) is 56.2 Å². The molecule has 1 saturated heterocycles. The summed E-state index contributed by atoms with van der Waals surface area (Å²) in [5, 5.41) is 2.40. The van der Waals surface area contributed by atoms with Gasteiger partial charge in [0.1, 0.15) is 0 Å². The summed E-state index contributed by atoms with van der Waals surface area (Å²) in [7, 11) is -3.30. The standard InChI is InChI=1S/C21H28N4O3S/c1-16(2)29(27,28)19-8-6-17(7-9-19)14-20(26)23-15-18-10-11-22-21(24-18)25-12-4-3-5-13-25/h6-11,16H,3-5,12-15H2,1-2H3,(H,23,26). The third-order valence-corrected chi connectivity index (χ3v) is 7.21. The zero-order valence-corrected chi connectivity index (χ0v) is 17.8. The number of nitrogens with one attached hydrogen (secondary N) is 1. The van der Waals surface area contributed by atoms with Crippen molar-refractivity contribution in [3.8, 4) is 0 Å². The second-order valence-electron chi connectivity index (χ2n) is 7.59. The van der Waals surface area contributed by atoms with E-state index in [-0.39, 0.29) is 17.2 Å². The van der Waals surface area contributed by atoms with E-state index >= 15 is 0 Å². The Morgan fingerprint density at radius 1 is 1.10 bits per heavy atom. The van der Waals surface area contributed by atoms with Crippen molar-refractivity contribution in [3.63, 3.8) is 0 Å². The number of anilines is 1. The van der Waals surface area contributed by atoms with Gasteiger partial charge in [-0.1, -0.05) is 12.1 Å². The average Bonchev–Trinajstić information content (AvgIpc) is 2.73. The van der Waals surface area contributed by atoms with Crippen LogP contribution in [0.25, 0.3) is 0 Å². The number of sulfone groups is 1. The number of hydrogen-bond donors (Lipinski definition) is 1. The molecule has 1 fully saturated rings. The van der Waals surface area contributed by atoms with Gasteiger partial charge in [-0.15, -0.1) is 0 Å². The molecule has 156 valence electrons. The maximum atomic E-state index is 12.3. The molecule has 2 heterocycles. The van der Waals surface area contributed by atoms with Gasteiger partial charge in [0.25, 0.3) is 0 Å². The molecule has 0 atom stereocenters. The van der Waals surface area contributed by atoms with Gasteiger partial charge in [-0.2, -0.15) is 0 Å². The number of amides is 1. The zero-order valence-electron chi connectivity index (χ0n) is 17.0. The third kappa shape index (κ3) is 5.53. The Bertz CT molecular complexity index is 937. The van der Waals surface area contributed by atoms with E-state index in [1.165, 1.54) is 6.42 Å². The molecule has 7 nitrogen and oxygen atoms in total. The van der Waals surface area contributed by atoms with Gasteiger partial charge in [-0.25, -0.2) is 18.4 Å². The Kier molecular flexibility index (Phi) is 6.84. The highest BCUT2D eigenvalue weighted by molar-refractivity contribution is 7.92. The first-order chi connectivity index (χ1) is 13.9. The van der Waals surface area contributed by atoms with Gasteiger partial charge in [0, 0.05) is 19.3 Å². The van der Waals surface area contributed by atoms with E-state index in [4.69, 9.17) is 0 Å². The predicted octanol–water partition coefficient (Wildman–Crippen LogP) is 2.51. The molecule has 1 N–H and O–H groups in total. The van der Waals surface area contributed by atoms with E-state index in [0.29, 0.717) is 6.54 Å². The lowest BCUT2D eigenvalue weighted by Gasteiger charge is -2.26. The van der Waals surface area contributed by atoms with Crippen LogP contribution in [0.1, 0.15) is 44.4 Å². The summed E-state index contributed by atoms with van der Waals surface area (Å²) >= 11 is 0. The van der Waals surface area contributed by atoms with Crippen molar-refractivity contribution in [2.75, 3.05) is 18.0 Å². The van der Waals surface area contributed by atoms with Crippen molar-refractivity contribution in [3.05, 3.63) is 47.8 Å². The Labute approximate surface area is 172 Å². The lowest BCUT2D eigenvalue weighted by molar-refractivity contribution is -0.120. The van der Waals surface area contributed by atoms with Crippen LogP contribution in [-0.4, -0.2) is 42.6 Å². The number of rotatable bonds is 7. The predicted molar refractivity (Wildman–Crippen MR) is 112 cm³/mol. The minimum atomic E-state index is -3.30. The van der Waals surface area contributed by atoms with Crippen LogP contribution in [0.15, 0.2) is 41.4 Å². The lowest BCUT2D eigenvalue weighted by Crippen LogP contribution is -2.31. The summed E-state index contributed by atoms with van der Waals surface area (Å²) in [5.41, 5.74) is 1.54. The Morgan fingerprint density at radius 3 is 2.45 bits per heavy atom. The number of benzene rings is 1. The van der Waals surface area contributed by atoms with Crippen molar-refractivity contribution < 1.29 is 13.2 Å². The van der Waals surface area contributed by atoms with E-state index < -0.39 is 15.1 Å². The second kappa shape index (κ2) is 9.35. The molecular weight excluding hydrogens is 388 g/mol. The molecule has 0 saturated carbocycles. The first-order valence-electron chi connectivity index (χ1n) is 10.0. The molecule has 2 aromatic rings. The van der Waals surface area contributed by atoms with Gasteiger partial charge in [-0.3, -0.25) is 4.79 Å². The lowest BCUT2D eigenvalue weighted by atomic mass is 10.1. The molecule has 29 heavy (non-hydrogen) atoms. The van der Waals surface area contributed by atoms with Gasteiger partial charge < -0.3 is 10.2 Å². The number of piperidine rings is 1. The molecule has 3 rings (SSSR count). The maximum absolute atomic E-state index is 12.3. The fraction of sp³-hybridized carbons (Fsp3) is 0.476. The van der Waals surface area contributed by atoms with Crippen molar-refractivity contribution in [1.82, 2.24) is 15.3 Å². The number of carbonyl (C=O) groups is 1. The molecule has 0 spiro atoms. The summed E-state index contributed by atoms with van der Waals surface area (Å²) in [5.74, 6) is 0.584. The first kappa shape index (κ1) is 21.2.